The molecule has 0 saturated heterocycles. The molecule has 0 aliphatic rings. The molecule has 0 fully saturated rings. The van der Waals surface area contributed by atoms with E-state index in [0.29, 0.717) is 35.8 Å². The van der Waals surface area contributed by atoms with E-state index in [2.05, 4.69) is 10.6 Å². The van der Waals surface area contributed by atoms with Crippen LogP contribution >= 0.6 is 0 Å². The molecular formula is C47H45N3O7. The third-order valence-corrected chi connectivity index (χ3v) is 8.98. The lowest BCUT2D eigenvalue weighted by Gasteiger charge is -2.19. The van der Waals surface area contributed by atoms with Crippen molar-refractivity contribution in [3.8, 4) is 23.0 Å². The van der Waals surface area contributed by atoms with Crippen molar-refractivity contribution in [2.45, 2.75) is 45.3 Å². The van der Waals surface area contributed by atoms with Crippen LogP contribution in [-0.4, -0.2) is 30.3 Å². The first-order valence-electron chi connectivity index (χ1n) is 18.8. The van der Waals surface area contributed by atoms with Crippen LogP contribution in [0.25, 0.3) is 0 Å². The summed E-state index contributed by atoms with van der Waals surface area (Å²) in [5, 5.41) is 5.69. The van der Waals surface area contributed by atoms with Crippen molar-refractivity contribution >= 4 is 17.7 Å². The molecule has 0 aliphatic heterocycles. The largest absolute Gasteiger partial charge is 0.485 e. The van der Waals surface area contributed by atoms with E-state index in [0.717, 1.165) is 22.3 Å². The Hall–Kier alpha value is -7.07. The van der Waals surface area contributed by atoms with Crippen molar-refractivity contribution in [1.29, 1.82) is 0 Å². The van der Waals surface area contributed by atoms with Gasteiger partial charge in [-0.15, -0.1) is 0 Å². The van der Waals surface area contributed by atoms with Crippen LogP contribution in [0.4, 0.5) is 0 Å². The number of amides is 3. The van der Waals surface area contributed by atoms with Gasteiger partial charge in [-0.3, -0.25) is 14.4 Å². The molecule has 57 heavy (non-hydrogen) atoms. The number of benzene rings is 6. The minimum Gasteiger partial charge on any atom is -0.485 e. The van der Waals surface area contributed by atoms with E-state index in [4.69, 9.17) is 24.7 Å². The number of hydrogen-bond acceptors (Lipinski definition) is 7. The number of carbonyl (C=O) groups excluding carboxylic acids is 3. The summed E-state index contributed by atoms with van der Waals surface area (Å²) in [5.41, 5.74) is 10.0. The maximum atomic E-state index is 13.8. The zero-order chi connectivity index (χ0) is 39.7. The summed E-state index contributed by atoms with van der Waals surface area (Å²) in [4.78, 5) is 40.0. The summed E-state index contributed by atoms with van der Waals surface area (Å²) in [6, 6.07) is 47.8. The Kier molecular flexibility index (Phi) is 14.3. The van der Waals surface area contributed by atoms with E-state index >= 15 is 0 Å². The Morgan fingerprint density at radius 2 is 0.860 bits per heavy atom. The Morgan fingerprint density at radius 3 is 1.26 bits per heavy atom. The maximum absolute atomic E-state index is 13.8. The summed E-state index contributed by atoms with van der Waals surface area (Å²) in [6.07, 6.45) is 0.505. The van der Waals surface area contributed by atoms with Crippen LogP contribution in [0.15, 0.2) is 158 Å². The second kappa shape index (κ2) is 20.6. The SMILES string of the molecule is NC(=O)[C@@H](CCCNC(=O)c1cccc(OCc2ccccc2)c1OCc1ccccc1)NC(=O)c1cccc(OCc2ccccc2)c1OCc1ccccc1. The minimum atomic E-state index is -1.02. The lowest BCUT2D eigenvalue weighted by Crippen LogP contribution is -2.45. The van der Waals surface area contributed by atoms with Gasteiger partial charge in [0.1, 0.15) is 32.5 Å². The topological polar surface area (TPSA) is 138 Å². The molecule has 0 bridgehead atoms. The van der Waals surface area contributed by atoms with Crippen LogP contribution in [0, 0.1) is 0 Å². The molecule has 0 heterocycles. The van der Waals surface area contributed by atoms with E-state index in [1.807, 2.05) is 121 Å². The fourth-order valence-corrected chi connectivity index (χ4v) is 5.97. The molecule has 1 atom stereocenters. The molecule has 10 nitrogen and oxygen atoms in total. The molecule has 0 radical (unpaired) electrons. The molecular weight excluding hydrogens is 719 g/mol. The molecule has 10 heteroatoms. The second-order valence-corrected chi connectivity index (χ2v) is 13.2. The minimum absolute atomic E-state index is 0.170. The van der Waals surface area contributed by atoms with Crippen LogP contribution in [0.1, 0.15) is 55.8 Å². The van der Waals surface area contributed by atoms with Gasteiger partial charge in [-0.2, -0.15) is 0 Å². The Bertz CT molecular complexity index is 2200. The highest BCUT2D eigenvalue weighted by Crippen LogP contribution is 2.34. The standard InChI is InChI=1S/C47H45N3O7/c48-45(51)40(50-47(53)39-25-14-28-42(55-31-35-18-7-2-8-19-35)44(39)57-33-37-22-11-4-12-23-37)26-15-29-49-46(52)38-24-13-27-41(54-30-34-16-5-1-6-17-34)43(38)56-32-36-20-9-3-10-21-36/h1-14,16-25,27-28,40H,15,26,29-33H2,(H2,48,51)(H,49,52)(H,50,53)/t40-/m1/s1. The monoisotopic (exact) mass is 763 g/mol. The van der Waals surface area contributed by atoms with Gasteiger partial charge in [0.25, 0.3) is 11.8 Å². The van der Waals surface area contributed by atoms with Crippen LogP contribution in [0.2, 0.25) is 0 Å². The van der Waals surface area contributed by atoms with Crippen molar-refractivity contribution in [2.75, 3.05) is 6.54 Å². The van der Waals surface area contributed by atoms with E-state index in [-0.39, 0.29) is 50.0 Å². The van der Waals surface area contributed by atoms with Crippen molar-refractivity contribution in [1.82, 2.24) is 10.6 Å². The summed E-state index contributed by atoms with van der Waals surface area (Å²) < 4.78 is 24.7. The number of ether oxygens (including phenoxy) is 4. The Labute approximate surface area is 332 Å². The van der Waals surface area contributed by atoms with E-state index in [1.165, 1.54) is 0 Å². The van der Waals surface area contributed by atoms with E-state index in [1.54, 1.807) is 36.4 Å². The first-order chi connectivity index (χ1) is 27.9. The first kappa shape index (κ1) is 39.6. The van der Waals surface area contributed by atoms with Gasteiger partial charge in [-0.05, 0) is 59.4 Å². The number of para-hydroxylation sites is 2. The van der Waals surface area contributed by atoms with Gasteiger partial charge in [0.15, 0.2) is 23.0 Å². The predicted molar refractivity (Wildman–Crippen MR) is 218 cm³/mol. The number of hydrogen-bond donors (Lipinski definition) is 3. The highest BCUT2D eigenvalue weighted by atomic mass is 16.5. The molecule has 0 spiro atoms. The molecule has 0 aromatic heterocycles. The summed E-state index contributed by atoms with van der Waals surface area (Å²) in [5.74, 6) is -0.275. The van der Waals surface area contributed by atoms with Gasteiger partial charge in [0.05, 0.1) is 11.1 Å². The number of primary amides is 1. The Balaban J connectivity index is 1.10. The number of carbonyl (C=O) groups is 3. The van der Waals surface area contributed by atoms with Gasteiger partial charge in [0.2, 0.25) is 5.91 Å². The average molecular weight is 764 g/mol. The number of rotatable bonds is 20. The third-order valence-electron chi connectivity index (χ3n) is 8.98. The van der Waals surface area contributed by atoms with Gasteiger partial charge < -0.3 is 35.3 Å². The smallest absolute Gasteiger partial charge is 0.255 e. The fraction of sp³-hybridized carbons (Fsp3) is 0.170. The molecule has 4 N–H and O–H groups in total. The predicted octanol–water partition coefficient (Wildman–Crippen LogP) is 7.80. The van der Waals surface area contributed by atoms with Gasteiger partial charge in [0, 0.05) is 6.54 Å². The molecule has 3 amide bonds. The number of nitrogens with one attached hydrogen (secondary N) is 2. The normalized spacial score (nSPS) is 11.2. The van der Waals surface area contributed by atoms with Crippen molar-refractivity contribution in [2.24, 2.45) is 5.73 Å². The maximum Gasteiger partial charge on any atom is 0.255 e. The van der Waals surface area contributed by atoms with Crippen LogP contribution in [0.5, 0.6) is 23.0 Å². The zero-order valence-corrected chi connectivity index (χ0v) is 31.5. The van der Waals surface area contributed by atoms with Gasteiger partial charge >= 0.3 is 0 Å². The molecule has 0 aliphatic carbocycles. The van der Waals surface area contributed by atoms with Crippen molar-refractivity contribution in [3.63, 3.8) is 0 Å². The number of nitrogens with two attached hydrogens (primary N) is 1. The third kappa shape index (κ3) is 11.7. The highest BCUT2D eigenvalue weighted by Gasteiger charge is 2.24. The Morgan fingerprint density at radius 1 is 0.474 bits per heavy atom. The first-order valence-corrected chi connectivity index (χ1v) is 18.8. The molecule has 290 valence electrons. The molecule has 6 aromatic carbocycles. The lowest BCUT2D eigenvalue weighted by atomic mass is 10.1. The quantitative estimate of drug-likeness (QED) is 0.0675. The van der Waals surface area contributed by atoms with Crippen molar-refractivity contribution < 1.29 is 33.3 Å². The van der Waals surface area contributed by atoms with E-state index in [9.17, 15) is 14.4 Å². The fourth-order valence-electron chi connectivity index (χ4n) is 5.97. The molecule has 0 saturated carbocycles. The van der Waals surface area contributed by atoms with E-state index < -0.39 is 17.9 Å². The van der Waals surface area contributed by atoms with Crippen LogP contribution in [0.3, 0.4) is 0 Å². The average Bonchev–Trinajstić information content (AvgIpc) is 3.25. The zero-order valence-electron chi connectivity index (χ0n) is 31.5. The molecule has 6 rings (SSSR count). The second-order valence-electron chi connectivity index (χ2n) is 13.2. The van der Waals surface area contributed by atoms with Crippen LogP contribution in [-0.2, 0) is 31.2 Å². The molecule has 0 unspecified atom stereocenters. The van der Waals surface area contributed by atoms with Gasteiger partial charge in [-0.1, -0.05) is 133 Å². The molecule has 6 aromatic rings. The summed E-state index contributed by atoms with van der Waals surface area (Å²) >= 11 is 0. The van der Waals surface area contributed by atoms with Crippen LogP contribution < -0.4 is 35.3 Å². The van der Waals surface area contributed by atoms with Crippen molar-refractivity contribution in [3.05, 3.63) is 191 Å². The highest BCUT2D eigenvalue weighted by molar-refractivity contribution is 6.00. The lowest BCUT2D eigenvalue weighted by molar-refractivity contribution is -0.120. The van der Waals surface area contributed by atoms with Gasteiger partial charge in [-0.25, -0.2) is 0 Å². The summed E-state index contributed by atoms with van der Waals surface area (Å²) in [6.45, 7) is 1.16. The summed E-state index contributed by atoms with van der Waals surface area (Å²) in [7, 11) is 0.